The second kappa shape index (κ2) is 10.0. The predicted octanol–water partition coefficient (Wildman–Crippen LogP) is 3.94. The highest BCUT2D eigenvalue weighted by atomic mass is 16.5. The van der Waals surface area contributed by atoms with Crippen molar-refractivity contribution in [2.45, 2.75) is 32.7 Å². The summed E-state index contributed by atoms with van der Waals surface area (Å²) in [5.41, 5.74) is 3.41. The lowest BCUT2D eigenvalue weighted by Gasteiger charge is -2.26. The molecule has 0 spiro atoms. The summed E-state index contributed by atoms with van der Waals surface area (Å²) in [4.78, 5) is 29.8. The van der Waals surface area contributed by atoms with E-state index in [9.17, 15) is 14.7 Å². The number of benzene rings is 2. The zero-order valence-corrected chi connectivity index (χ0v) is 19.5. The maximum Gasteiger partial charge on any atom is 0.295 e. The third kappa shape index (κ3) is 4.70. The van der Waals surface area contributed by atoms with Crippen LogP contribution in [-0.4, -0.2) is 60.9 Å². The van der Waals surface area contributed by atoms with Crippen LogP contribution in [0.25, 0.3) is 5.76 Å². The summed E-state index contributed by atoms with van der Waals surface area (Å²) >= 11 is 0. The van der Waals surface area contributed by atoms with E-state index >= 15 is 0 Å². The van der Waals surface area contributed by atoms with Crippen LogP contribution in [0.15, 0.2) is 48.0 Å². The standard InChI is InChI=1S/C26H32N2O4/c1-6-18-8-10-19(11-9-18)23-22(24(29)21-13-12-20(32-5)16-17(21)2)25(30)26(31)28(23)15-7-14-27(3)4/h8-13,16,23,29H,6-7,14-15H2,1-5H3/b24-22+/t23-/m0/s1. The van der Waals surface area contributed by atoms with E-state index in [1.165, 1.54) is 5.56 Å². The maximum absolute atomic E-state index is 13.1. The Labute approximate surface area is 190 Å². The van der Waals surface area contributed by atoms with Crippen LogP contribution >= 0.6 is 0 Å². The smallest absolute Gasteiger partial charge is 0.295 e. The lowest BCUT2D eigenvalue weighted by atomic mass is 9.93. The van der Waals surface area contributed by atoms with Gasteiger partial charge in [0.25, 0.3) is 11.7 Å². The molecule has 32 heavy (non-hydrogen) atoms. The lowest BCUT2D eigenvalue weighted by molar-refractivity contribution is -0.139. The zero-order valence-electron chi connectivity index (χ0n) is 19.5. The molecule has 0 unspecified atom stereocenters. The molecule has 2 aromatic carbocycles. The molecule has 1 saturated heterocycles. The van der Waals surface area contributed by atoms with Crippen LogP contribution < -0.4 is 4.74 Å². The molecule has 1 atom stereocenters. The molecular weight excluding hydrogens is 404 g/mol. The minimum Gasteiger partial charge on any atom is -0.507 e. The molecule has 0 radical (unpaired) electrons. The first-order chi connectivity index (χ1) is 15.3. The maximum atomic E-state index is 13.1. The Morgan fingerprint density at radius 1 is 1.12 bits per heavy atom. The summed E-state index contributed by atoms with van der Waals surface area (Å²) < 4.78 is 5.26. The third-order valence-electron chi connectivity index (χ3n) is 5.94. The van der Waals surface area contributed by atoms with Gasteiger partial charge in [-0.05, 0) is 75.3 Å². The van der Waals surface area contributed by atoms with E-state index < -0.39 is 17.7 Å². The van der Waals surface area contributed by atoms with E-state index in [-0.39, 0.29) is 11.3 Å². The van der Waals surface area contributed by atoms with Gasteiger partial charge < -0.3 is 19.6 Å². The summed E-state index contributed by atoms with van der Waals surface area (Å²) in [5, 5.41) is 11.2. The number of hydrogen-bond acceptors (Lipinski definition) is 5. The number of hydrogen-bond donors (Lipinski definition) is 1. The van der Waals surface area contributed by atoms with Gasteiger partial charge in [-0.3, -0.25) is 9.59 Å². The molecule has 1 aliphatic heterocycles. The van der Waals surface area contributed by atoms with Gasteiger partial charge >= 0.3 is 0 Å². The fourth-order valence-electron chi connectivity index (χ4n) is 4.12. The molecule has 2 aromatic rings. The molecule has 0 bridgehead atoms. The van der Waals surface area contributed by atoms with Crippen LogP contribution in [0.5, 0.6) is 5.75 Å². The number of methoxy groups -OCH3 is 1. The molecule has 1 amide bonds. The highest BCUT2D eigenvalue weighted by molar-refractivity contribution is 6.46. The second-order valence-electron chi connectivity index (χ2n) is 8.43. The van der Waals surface area contributed by atoms with Gasteiger partial charge in [0, 0.05) is 12.1 Å². The number of amides is 1. The van der Waals surface area contributed by atoms with E-state index in [1.54, 1.807) is 30.2 Å². The van der Waals surface area contributed by atoms with Gasteiger partial charge in [-0.2, -0.15) is 0 Å². The van der Waals surface area contributed by atoms with Gasteiger partial charge in [0.15, 0.2) is 0 Å². The number of nitrogens with zero attached hydrogens (tertiary/aromatic N) is 2. The number of ketones is 1. The van der Waals surface area contributed by atoms with Crippen LogP contribution in [0.4, 0.5) is 0 Å². The third-order valence-corrected chi connectivity index (χ3v) is 5.94. The fraction of sp³-hybridized carbons (Fsp3) is 0.385. The predicted molar refractivity (Wildman–Crippen MR) is 126 cm³/mol. The lowest BCUT2D eigenvalue weighted by Crippen LogP contribution is -2.32. The van der Waals surface area contributed by atoms with Crippen LogP contribution in [0.3, 0.4) is 0 Å². The number of ether oxygens (including phenoxy) is 1. The summed E-state index contributed by atoms with van der Waals surface area (Å²) in [6.07, 6.45) is 1.62. The molecular formula is C26H32N2O4. The molecule has 0 aliphatic carbocycles. The van der Waals surface area contributed by atoms with Gasteiger partial charge in [0.1, 0.15) is 11.5 Å². The number of carbonyl (C=O) groups excluding carboxylic acids is 2. The second-order valence-corrected chi connectivity index (χ2v) is 8.43. The summed E-state index contributed by atoms with van der Waals surface area (Å²) in [6, 6.07) is 12.5. The first-order valence-electron chi connectivity index (χ1n) is 11.0. The molecule has 3 rings (SSSR count). The van der Waals surface area contributed by atoms with E-state index in [0.29, 0.717) is 17.9 Å². The Bertz CT molecular complexity index is 1020. The Balaban J connectivity index is 2.11. The van der Waals surface area contributed by atoms with Crippen LogP contribution in [0.1, 0.15) is 41.6 Å². The van der Waals surface area contributed by atoms with Crippen molar-refractivity contribution in [3.05, 3.63) is 70.3 Å². The highest BCUT2D eigenvalue weighted by Crippen LogP contribution is 2.40. The Morgan fingerprint density at radius 2 is 1.81 bits per heavy atom. The van der Waals surface area contributed by atoms with Crippen LogP contribution in [-0.2, 0) is 16.0 Å². The van der Waals surface area contributed by atoms with Crippen molar-refractivity contribution in [3.63, 3.8) is 0 Å². The normalized spacial score (nSPS) is 17.9. The molecule has 6 nitrogen and oxygen atoms in total. The Hall–Kier alpha value is -3.12. The number of aliphatic hydroxyl groups excluding tert-OH is 1. The molecule has 1 fully saturated rings. The van der Waals surface area contributed by atoms with Crippen molar-refractivity contribution in [3.8, 4) is 5.75 Å². The molecule has 0 saturated carbocycles. The summed E-state index contributed by atoms with van der Waals surface area (Å²) in [6.45, 7) is 5.15. The van der Waals surface area contributed by atoms with E-state index in [2.05, 4.69) is 6.92 Å². The number of aryl methyl sites for hydroxylation is 2. The number of likely N-dealkylation sites (tertiary alicyclic amines) is 1. The molecule has 6 heteroatoms. The number of Topliss-reactive ketones (excluding diaryl/α,β-unsaturated/α-hetero) is 1. The van der Waals surface area contributed by atoms with Gasteiger partial charge in [-0.1, -0.05) is 31.2 Å². The van der Waals surface area contributed by atoms with Crippen molar-refractivity contribution in [1.82, 2.24) is 9.80 Å². The fourth-order valence-corrected chi connectivity index (χ4v) is 4.12. The quantitative estimate of drug-likeness (QED) is 0.386. The summed E-state index contributed by atoms with van der Waals surface area (Å²) in [7, 11) is 5.52. The highest BCUT2D eigenvalue weighted by Gasteiger charge is 2.45. The van der Waals surface area contributed by atoms with Gasteiger partial charge in [0.05, 0.1) is 18.7 Å². The average Bonchev–Trinajstić information content (AvgIpc) is 3.03. The molecule has 0 aromatic heterocycles. The zero-order chi connectivity index (χ0) is 23.4. The van der Waals surface area contributed by atoms with Gasteiger partial charge in [0.2, 0.25) is 0 Å². The van der Waals surface area contributed by atoms with Gasteiger partial charge in [-0.25, -0.2) is 0 Å². The number of aliphatic hydroxyl groups is 1. The number of rotatable bonds is 8. The van der Waals surface area contributed by atoms with Crippen molar-refractivity contribution >= 4 is 17.4 Å². The van der Waals surface area contributed by atoms with Crippen molar-refractivity contribution < 1.29 is 19.4 Å². The SMILES string of the molecule is CCc1ccc([C@H]2/C(=C(\O)c3ccc(OC)cc3C)C(=O)C(=O)N2CCCN(C)C)cc1. The first-order valence-corrected chi connectivity index (χ1v) is 11.0. The molecule has 1 aliphatic rings. The monoisotopic (exact) mass is 436 g/mol. The van der Waals surface area contributed by atoms with Crippen molar-refractivity contribution in [2.24, 2.45) is 0 Å². The number of carbonyl (C=O) groups is 2. The average molecular weight is 437 g/mol. The Kier molecular flexibility index (Phi) is 7.36. The van der Waals surface area contributed by atoms with Crippen molar-refractivity contribution in [1.29, 1.82) is 0 Å². The van der Waals surface area contributed by atoms with Crippen LogP contribution in [0.2, 0.25) is 0 Å². The van der Waals surface area contributed by atoms with E-state index in [1.807, 2.05) is 50.2 Å². The minimum absolute atomic E-state index is 0.136. The topological polar surface area (TPSA) is 70.1 Å². The van der Waals surface area contributed by atoms with Crippen molar-refractivity contribution in [2.75, 3.05) is 34.3 Å². The van der Waals surface area contributed by atoms with E-state index in [0.717, 1.165) is 30.5 Å². The molecule has 170 valence electrons. The molecule has 1 heterocycles. The van der Waals surface area contributed by atoms with Gasteiger partial charge in [-0.15, -0.1) is 0 Å². The minimum atomic E-state index is -0.646. The van der Waals surface area contributed by atoms with E-state index in [4.69, 9.17) is 4.74 Å². The molecule has 1 N–H and O–H groups in total. The first kappa shape index (κ1) is 23.5. The summed E-state index contributed by atoms with van der Waals surface area (Å²) in [5.74, 6) is -0.703. The Morgan fingerprint density at radius 3 is 2.38 bits per heavy atom. The van der Waals surface area contributed by atoms with Crippen LogP contribution in [0, 0.1) is 6.92 Å². The largest absolute Gasteiger partial charge is 0.507 e.